The average molecular weight is 153 g/mol. The van der Waals surface area contributed by atoms with Crippen molar-refractivity contribution in [2.45, 2.75) is 25.3 Å². The van der Waals surface area contributed by atoms with E-state index in [1.165, 1.54) is 18.9 Å². The highest BCUT2D eigenvalue weighted by Gasteiger charge is 2.23. The van der Waals surface area contributed by atoms with Crippen molar-refractivity contribution in [1.29, 1.82) is 0 Å². The Balaban J connectivity index is 2.53. The van der Waals surface area contributed by atoms with Gasteiger partial charge in [0.2, 0.25) is 0 Å². The second-order valence-corrected chi connectivity index (χ2v) is 3.10. The minimum Gasteiger partial charge on any atom is -0.296 e. The number of hydrogen-bond donors (Lipinski definition) is 0. The summed E-state index contributed by atoms with van der Waals surface area (Å²) in [6, 6.07) is 0.112. The Morgan fingerprint density at radius 2 is 2.36 bits per heavy atom. The molecule has 2 nitrogen and oxygen atoms in total. The van der Waals surface area contributed by atoms with Crippen LogP contribution in [0.4, 0.5) is 0 Å². The first kappa shape index (κ1) is 8.47. The SMILES string of the molecule is C=CC(=O)C1CCCCN1C. The minimum atomic E-state index is 0.112. The molecule has 0 amide bonds. The zero-order chi connectivity index (χ0) is 8.27. The van der Waals surface area contributed by atoms with Crippen molar-refractivity contribution in [2.24, 2.45) is 0 Å². The van der Waals surface area contributed by atoms with Gasteiger partial charge in [0, 0.05) is 0 Å². The highest BCUT2D eigenvalue weighted by Crippen LogP contribution is 2.15. The molecular weight excluding hydrogens is 138 g/mol. The second-order valence-electron chi connectivity index (χ2n) is 3.10. The number of likely N-dealkylation sites (tertiary alicyclic amines) is 1. The maximum atomic E-state index is 11.2. The number of rotatable bonds is 2. The van der Waals surface area contributed by atoms with Gasteiger partial charge in [-0.15, -0.1) is 0 Å². The van der Waals surface area contributed by atoms with Crippen LogP contribution in [-0.4, -0.2) is 30.3 Å². The zero-order valence-electron chi connectivity index (χ0n) is 7.05. The number of nitrogens with zero attached hydrogens (tertiary/aromatic N) is 1. The summed E-state index contributed by atoms with van der Waals surface area (Å²) in [4.78, 5) is 13.3. The smallest absolute Gasteiger partial charge is 0.172 e. The molecule has 1 heterocycles. The van der Waals surface area contributed by atoms with Crippen molar-refractivity contribution in [3.63, 3.8) is 0 Å². The lowest BCUT2D eigenvalue weighted by Crippen LogP contribution is -2.41. The van der Waals surface area contributed by atoms with Gasteiger partial charge in [0.1, 0.15) is 0 Å². The summed E-state index contributed by atoms with van der Waals surface area (Å²) in [6.07, 6.45) is 4.83. The van der Waals surface area contributed by atoms with Crippen molar-refractivity contribution >= 4 is 5.78 Å². The van der Waals surface area contributed by atoms with Crippen LogP contribution in [0.5, 0.6) is 0 Å². The monoisotopic (exact) mass is 153 g/mol. The molecule has 0 spiro atoms. The Morgan fingerprint density at radius 1 is 1.64 bits per heavy atom. The highest BCUT2D eigenvalue weighted by molar-refractivity contribution is 5.93. The lowest BCUT2D eigenvalue weighted by atomic mass is 9.99. The lowest BCUT2D eigenvalue weighted by molar-refractivity contribution is -0.120. The average Bonchev–Trinajstić information content (AvgIpc) is 2.04. The van der Waals surface area contributed by atoms with Gasteiger partial charge in [-0.25, -0.2) is 0 Å². The van der Waals surface area contributed by atoms with Crippen LogP contribution >= 0.6 is 0 Å². The molecule has 1 rings (SSSR count). The van der Waals surface area contributed by atoms with Crippen molar-refractivity contribution in [2.75, 3.05) is 13.6 Å². The van der Waals surface area contributed by atoms with Crippen LogP contribution in [0, 0.1) is 0 Å². The summed E-state index contributed by atoms with van der Waals surface area (Å²) in [7, 11) is 2.01. The van der Waals surface area contributed by atoms with E-state index >= 15 is 0 Å². The van der Waals surface area contributed by atoms with Gasteiger partial charge in [-0.05, 0) is 32.5 Å². The molecule has 1 fully saturated rings. The van der Waals surface area contributed by atoms with Crippen molar-refractivity contribution in [3.05, 3.63) is 12.7 Å². The summed E-state index contributed by atoms with van der Waals surface area (Å²) in [5.41, 5.74) is 0. The first-order valence-electron chi connectivity index (χ1n) is 4.12. The Kier molecular flexibility index (Phi) is 2.83. The molecule has 0 aromatic carbocycles. The van der Waals surface area contributed by atoms with E-state index in [4.69, 9.17) is 0 Å². The third kappa shape index (κ3) is 1.90. The van der Waals surface area contributed by atoms with Gasteiger partial charge in [-0.1, -0.05) is 13.0 Å². The van der Waals surface area contributed by atoms with E-state index in [-0.39, 0.29) is 11.8 Å². The lowest BCUT2D eigenvalue weighted by Gasteiger charge is -2.30. The largest absolute Gasteiger partial charge is 0.296 e. The van der Waals surface area contributed by atoms with Gasteiger partial charge < -0.3 is 0 Å². The normalized spacial score (nSPS) is 26.5. The van der Waals surface area contributed by atoms with Gasteiger partial charge >= 0.3 is 0 Å². The number of piperidine rings is 1. The molecule has 1 unspecified atom stereocenters. The Labute approximate surface area is 67.9 Å². The quantitative estimate of drug-likeness (QED) is 0.556. The van der Waals surface area contributed by atoms with Gasteiger partial charge in [-0.2, -0.15) is 0 Å². The highest BCUT2D eigenvalue weighted by atomic mass is 16.1. The summed E-state index contributed by atoms with van der Waals surface area (Å²) in [5.74, 6) is 0.173. The fraction of sp³-hybridized carbons (Fsp3) is 0.667. The summed E-state index contributed by atoms with van der Waals surface area (Å²) in [6.45, 7) is 4.54. The van der Waals surface area contributed by atoms with E-state index in [9.17, 15) is 4.79 Å². The van der Waals surface area contributed by atoms with E-state index in [0.29, 0.717) is 0 Å². The molecule has 0 N–H and O–H groups in total. The molecule has 1 atom stereocenters. The van der Waals surface area contributed by atoms with E-state index in [1.807, 2.05) is 7.05 Å². The van der Waals surface area contributed by atoms with Gasteiger partial charge in [0.15, 0.2) is 5.78 Å². The fourth-order valence-electron chi connectivity index (χ4n) is 1.57. The number of likely N-dealkylation sites (N-methyl/N-ethyl adjacent to an activating group) is 1. The molecule has 11 heavy (non-hydrogen) atoms. The molecule has 0 aromatic rings. The molecule has 1 aliphatic rings. The predicted octanol–water partition coefficient (Wildman–Crippen LogP) is 1.23. The Hall–Kier alpha value is -0.630. The van der Waals surface area contributed by atoms with Crippen LogP contribution in [0.15, 0.2) is 12.7 Å². The van der Waals surface area contributed by atoms with Crippen molar-refractivity contribution in [3.8, 4) is 0 Å². The zero-order valence-corrected chi connectivity index (χ0v) is 7.05. The van der Waals surface area contributed by atoms with Crippen LogP contribution in [0.1, 0.15) is 19.3 Å². The molecule has 1 saturated heterocycles. The number of ketones is 1. The molecule has 0 aromatic heterocycles. The first-order valence-corrected chi connectivity index (χ1v) is 4.12. The molecule has 0 bridgehead atoms. The molecule has 0 saturated carbocycles. The van der Waals surface area contributed by atoms with Gasteiger partial charge in [-0.3, -0.25) is 9.69 Å². The first-order chi connectivity index (χ1) is 5.25. The number of carbonyl (C=O) groups excluding carboxylic acids is 1. The van der Waals surface area contributed by atoms with Crippen LogP contribution in [0.25, 0.3) is 0 Å². The van der Waals surface area contributed by atoms with Crippen LogP contribution < -0.4 is 0 Å². The molecule has 62 valence electrons. The molecule has 1 aliphatic heterocycles. The van der Waals surface area contributed by atoms with Crippen molar-refractivity contribution in [1.82, 2.24) is 4.90 Å². The Bertz CT molecular complexity index is 165. The minimum absolute atomic E-state index is 0.112. The van der Waals surface area contributed by atoms with Crippen molar-refractivity contribution < 1.29 is 4.79 Å². The van der Waals surface area contributed by atoms with Gasteiger partial charge in [0.05, 0.1) is 6.04 Å². The van der Waals surface area contributed by atoms with Crippen LogP contribution in [0.3, 0.4) is 0 Å². The molecule has 0 radical (unpaired) electrons. The Morgan fingerprint density at radius 3 is 2.91 bits per heavy atom. The molecular formula is C9H15NO. The van der Waals surface area contributed by atoms with Crippen LogP contribution in [-0.2, 0) is 4.79 Å². The standard InChI is InChI=1S/C9H15NO/c1-3-9(11)8-6-4-5-7-10(8)2/h3,8H,1,4-7H2,2H3. The van der Waals surface area contributed by atoms with E-state index in [1.54, 1.807) is 0 Å². The topological polar surface area (TPSA) is 20.3 Å². The fourth-order valence-corrected chi connectivity index (χ4v) is 1.57. The van der Waals surface area contributed by atoms with E-state index in [2.05, 4.69) is 11.5 Å². The maximum Gasteiger partial charge on any atom is 0.172 e. The predicted molar refractivity (Wildman–Crippen MR) is 45.5 cm³/mol. The summed E-state index contributed by atoms with van der Waals surface area (Å²) >= 11 is 0. The second kappa shape index (κ2) is 3.67. The maximum absolute atomic E-state index is 11.2. The molecule has 2 heteroatoms. The third-order valence-electron chi connectivity index (χ3n) is 2.30. The van der Waals surface area contributed by atoms with E-state index < -0.39 is 0 Å². The number of carbonyl (C=O) groups is 1. The summed E-state index contributed by atoms with van der Waals surface area (Å²) in [5, 5.41) is 0. The van der Waals surface area contributed by atoms with Crippen LogP contribution in [0.2, 0.25) is 0 Å². The van der Waals surface area contributed by atoms with Gasteiger partial charge in [0.25, 0.3) is 0 Å². The summed E-state index contributed by atoms with van der Waals surface area (Å²) < 4.78 is 0. The number of hydrogen-bond acceptors (Lipinski definition) is 2. The van der Waals surface area contributed by atoms with E-state index in [0.717, 1.165) is 13.0 Å². The molecule has 0 aliphatic carbocycles. The third-order valence-corrected chi connectivity index (χ3v) is 2.30.